The van der Waals surface area contributed by atoms with Gasteiger partial charge < -0.3 is 10.1 Å². The molecule has 1 aliphatic carbocycles. The maximum absolute atomic E-state index is 12.9. The fraction of sp³-hybridized carbons (Fsp3) is 0.560. The van der Waals surface area contributed by atoms with Gasteiger partial charge in [0.05, 0.1) is 19.1 Å². The Hall–Kier alpha value is -1.95. The number of likely N-dealkylation sites (tertiary alicyclic amines) is 1. The Balaban J connectivity index is 1.28. The summed E-state index contributed by atoms with van der Waals surface area (Å²) in [5.74, 6) is 0.908. The highest BCUT2D eigenvalue weighted by Crippen LogP contribution is 2.27. The van der Waals surface area contributed by atoms with E-state index in [2.05, 4.69) is 57.6 Å². The second kappa shape index (κ2) is 9.04. The van der Waals surface area contributed by atoms with Crippen LogP contribution in [0.15, 0.2) is 42.5 Å². The van der Waals surface area contributed by atoms with Gasteiger partial charge in [0.15, 0.2) is 0 Å². The number of hydrogen-bond acceptors (Lipinski definition) is 4. The maximum atomic E-state index is 12.9. The number of nitrogens with zero attached hydrogens (tertiary/aromatic N) is 2. The van der Waals surface area contributed by atoms with Crippen molar-refractivity contribution in [2.24, 2.45) is 11.8 Å². The molecule has 160 valence electrons. The summed E-state index contributed by atoms with van der Waals surface area (Å²) >= 11 is 0. The van der Waals surface area contributed by atoms with Gasteiger partial charge in [-0.3, -0.25) is 14.6 Å². The number of benzene rings is 2. The van der Waals surface area contributed by atoms with Crippen molar-refractivity contribution in [3.8, 4) is 0 Å². The van der Waals surface area contributed by atoms with E-state index in [-0.39, 0.29) is 11.8 Å². The smallest absolute Gasteiger partial charge is 0.224 e. The normalized spacial score (nSPS) is 26.0. The molecule has 0 spiro atoms. The second-order valence-electron chi connectivity index (χ2n) is 9.37. The molecule has 0 radical (unpaired) electrons. The van der Waals surface area contributed by atoms with E-state index in [0.717, 1.165) is 71.7 Å². The first kappa shape index (κ1) is 20.0. The topological polar surface area (TPSA) is 44.8 Å². The second-order valence-corrected chi connectivity index (χ2v) is 9.37. The van der Waals surface area contributed by atoms with Crippen LogP contribution in [0.2, 0.25) is 0 Å². The van der Waals surface area contributed by atoms with Gasteiger partial charge in [0.2, 0.25) is 5.91 Å². The molecule has 1 amide bonds. The third-order valence-electron chi connectivity index (χ3n) is 6.75. The Morgan fingerprint density at radius 1 is 1.00 bits per heavy atom. The fourth-order valence-electron chi connectivity index (χ4n) is 5.05. The molecule has 3 fully saturated rings. The third-order valence-corrected chi connectivity index (χ3v) is 6.75. The third kappa shape index (κ3) is 5.02. The van der Waals surface area contributed by atoms with Gasteiger partial charge in [-0.25, -0.2) is 0 Å². The molecule has 2 aromatic carbocycles. The Kier molecular flexibility index (Phi) is 6.02. The van der Waals surface area contributed by atoms with E-state index in [9.17, 15) is 4.79 Å². The van der Waals surface area contributed by atoms with Crippen molar-refractivity contribution in [3.63, 3.8) is 0 Å². The summed E-state index contributed by atoms with van der Waals surface area (Å²) in [6.45, 7) is 7.61. The number of carbonyl (C=O) groups excluding carboxylic acids is 1. The van der Waals surface area contributed by atoms with Gasteiger partial charge in [-0.2, -0.15) is 0 Å². The first-order valence-electron chi connectivity index (χ1n) is 11.5. The molecule has 2 aliphatic heterocycles. The number of carbonyl (C=O) groups is 1. The number of hydrogen-bond donors (Lipinski definition) is 1. The molecule has 2 atom stereocenters. The van der Waals surface area contributed by atoms with Crippen molar-refractivity contribution < 1.29 is 9.53 Å². The van der Waals surface area contributed by atoms with Crippen LogP contribution in [-0.2, 0) is 16.1 Å². The lowest BCUT2D eigenvalue weighted by Crippen LogP contribution is -2.50. The van der Waals surface area contributed by atoms with Crippen molar-refractivity contribution in [2.45, 2.75) is 31.8 Å². The first-order valence-corrected chi connectivity index (χ1v) is 11.5. The van der Waals surface area contributed by atoms with Gasteiger partial charge in [0, 0.05) is 45.3 Å². The summed E-state index contributed by atoms with van der Waals surface area (Å²) in [6.07, 6.45) is 3.30. The molecular formula is C25H33N3O2. The Labute approximate surface area is 179 Å². The van der Waals surface area contributed by atoms with Crippen LogP contribution in [0.5, 0.6) is 0 Å². The summed E-state index contributed by atoms with van der Waals surface area (Å²) in [5.41, 5.74) is 1.34. The Morgan fingerprint density at radius 3 is 2.60 bits per heavy atom. The highest BCUT2D eigenvalue weighted by atomic mass is 16.5. The molecule has 0 unspecified atom stereocenters. The standard InChI is InChI=1S/C25H33N3O2/c29-25(26-24-7-8-24)23-14-20(16-27-9-11-30-12-10-27)17-28(18-23)15-19-5-6-21-3-1-2-4-22(21)13-19/h1-6,13,20,23-24H,7-12,14-18H2,(H,26,29)/t20-,23-/m1/s1. The predicted molar refractivity (Wildman–Crippen MR) is 119 cm³/mol. The minimum absolute atomic E-state index is 0.103. The Bertz CT molecular complexity index is 876. The van der Waals surface area contributed by atoms with Gasteiger partial charge in [-0.1, -0.05) is 36.4 Å². The fourth-order valence-corrected chi connectivity index (χ4v) is 5.05. The molecule has 1 saturated carbocycles. The van der Waals surface area contributed by atoms with E-state index in [0.29, 0.717) is 12.0 Å². The number of rotatable bonds is 6. The number of amides is 1. The largest absolute Gasteiger partial charge is 0.379 e. The molecule has 1 N–H and O–H groups in total. The molecule has 3 aliphatic rings. The van der Waals surface area contributed by atoms with Gasteiger partial charge in [0.25, 0.3) is 0 Å². The van der Waals surface area contributed by atoms with E-state index >= 15 is 0 Å². The van der Waals surface area contributed by atoms with Gasteiger partial charge in [-0.15, -0.1) is 0 Å². The number of piperidine rings is 1. The van der Waals surface area contributed by atoms with Gasteiger partial charge in [-0.05, 0) is 47.6 Å². The minimum atomic E-state index is 0.103. The number of fused-ring (bicyclic) bond motifs is 1. The highest BCUT2D eigenvalue weighted by molar-refractivity contribution is 5.83. The van der Waals surface area contributed by atoms with Crippen molar-refractivity contribution in [1.82, 2.24) is 15.1 Å². The van der Waals surface area contributed by atoms with Crippen LogP contribution < -0.4 is 5.32 Å². The van der Waals surface area contributed by atoms with Crippen molar-refractivity contribution in [2.75, 3.05) is 45.9 Å². The number of morpholine rings is 1. The predicted octanol–water partition coefficient (Wildman–Crippen LogP) is 2.89. The molecule has 30 heavy (non-hydrogen) atoms. The molecule has 0 bridgehead atoms. The molecule has 2 heterocycles. The highest BCUT2D eigenvalue weighted by Gasteiger charge is 2.35. The van der Waals surface area contributed by atoms with Crippen LogP contribution in [0.25, 0.3) is 10.8 Å². The van der Waals surface area contributed by atoms with Crippen molar-refractivity contribution in [3.05, 3.63) is 48.0 Å². The summed E-state index contributed by atoms with van der Waals surface area (Å²) in [5, 5.41) is 5.83. The van der Waals surface area contributed by atoms with Crippen LogP contribution in [-0.4, -0.2) is 67.7 Å². The maximum Gasteiger partial charge on any atom is 0.224 e. The van der Waals surface area contributed by atoms with E-state index in [1.54, 1.807) is 0 Å². The average Bonchev–Trinajstić information content (AvgIpc) is 3.58. The van der Waals surface area contributed by atoms with Gasteiger partial charge >= 0.3 is 0 Å². The zero-order valence-electron chi connectivity index (χ0n) is 17.8. The molecular weight excluding hydrogens is 374 g/mol. The van der Waals surface area contributed by atoms with Crippen LogP contribution in [0.3, 0.4) is 0 Å². The zero-order valence-corrected chi connectivity index (χ0v) is 17.8. The zero-order chi connectivity index (χ0) is 20.3. The molecule has 5 nitrogen and oxygen atoms in total. The number of nitrogens with one attached hydrogen (secondary N) is 1. The monoisotopic (exact) mass is 407 g/mol. The quantitative estimate of drug-likeness (QED) is 0.800. The summed E-state index contributed by atoms with van der Waals surface area (Å²) < 4.78 is 5.52. The van der Waals surface area contributed by atoms with E-state index < -0.39 is 0 Å². The summed E-state index contributed by atoms with van der Waals surface area (Å²) in [4.78, 5) is 17.9. The lowest BCUT2D eigenvalue weighted by molar-refractivity contribution is -0.128. The van der Waals surface area contributed by atoms with Gasteiger partial charge in [0.1, 0.15) is 0 Å². The molecule has 5 rings (SSSR count). The molecule has 0 aromatic heterocycles. The van der Waals surface area contributed by atoms with Crippen LogP contribution in [0, 0.1) is 11.8 Å². The average molecular weight is 408 g/mol. The lowest BCUT2D eigenvalue weighted by Gasteiger charge is -2.40. The summed E-state index contributed by atoms with van der Waals surface area (Å²) in [6, 6.07) is 15.7. The first-order chi connectivity index (χ1) is 14.7. The molecule has 2 saturated heterocycles. The number of ether oxygens (including phenoxy) is 1. The van der Waals surface area contributed by atoms with Crippen LogP contribution >= 0.6 is 0 Å². The summed E-state index contributed by atoms with van der Waals surface area (Å²) in [7, 11) is 0. The van der Waals surface area contributed by atoms with Crippen molar-refractivity contribution in [1.29, 1.82) is 0 Å². The Morgan fingerprint density at radius 2 is 1.80 bits per heavy atom. The molecule has 2 aromatic rings. The molecule has 5 heteroatoms. The minimum Gasteiger partial charge on any atom is -0.379 e. The van der Waals surface area contributed by atoms with Crippen LogP contribution in [0.4, 0.5) is 0 Å². The van der Waals surface area contributed by atoms with E-state index in [4.69, 9.17) is 4.74 Å². The van der Waals surface area contributed by atoms with E-state index in [1.165, 1.54) is 16.3 Å². The lowest BCUT2D eigenvalue weighted by atomic mass is 9.87. The van der Waals surface area contributed by atoms with E-state index in [1.807, 2.05) is 0 Å². The van der Waals surface area contributed by atoms with Crippen LogP contribution in [0.1, 0.15) is 24.8 Å². The van der Waals surface area contributed by atoms with Crippen molar-refractivity contribution >= 4 is 16.7 Å². The SMILES string of the molecule is O=C(NC1CC1)[C@@H]1C[C@H](CN2CCOCC2)CN(Cc2ccc3ccccc3c2)C1.